The van der Waals surface area contributed by atoms with E-state index < -0.39 is 34.7 Å². The molecular formula is C50H45ClF2N4O10. The lowest BCUT2D eigenvalue weighted by Gasteiger charge is -2.18. The summed E-state index contributed by atoms with van der Waals surface area (Å²) < 4.78 is 42.0. The Morgan fingerprint density at radius 2 is 1.43 bits per heavy atom. The molecule has 0 radical (unpaired) electrons. The number of hydrogen-bond acceptors (Lipinski definition) is 9. The minimum absolute atomic E-state index is 0.0258. The summed E-state index contributed by atoms with van der Waals surface area (Å²) in [6, 6.07) is 19.3. The van der Waals surface area contributed by atoms with Gasteiger partial charge in [0.1, 0.15) is 17.1 Å². The third-order valence-electron chi connectivity index (χ3n) is 11.4. The average molecular weight is 935 g/mol. The number of aromatic carboxylic acids is 1. The van der Waals surface area contributed by atoms with Crippen LogP contribution in [0.3, 0.4) is 0 Å². The number of fused-ring (bicyclic) bond motifs is 3. The Morgan fingerprint density at radius 3 is 2.15 bits per heavy atom. The number of nitrogens with one attached hydrogen (secondary N) is 3. The van der Waals surface area contributed by atoms with Crippen LogP contribution in [0.2, 0.25) is 5.02 Å². The lowest BCUT2D eigenvalue weighted by atomic mass is 9.89. The van der Waals surface area contributed by atoms with Crippen LogP contribution < -0.4 is 26.1 Å². The average Bonchev–Trinajstić information content (AvgIpc) is 3.57. The van der Waals surface area contributed by atoms with Crippen LogP contribution in [-0.4, -0.2) is 71.1 Å². The highest BCUT2D eigenvalue weighted by atomic mass is 35.5. The summed E-state index contributed by atoms with van der Waals surface area (Å²) in [4.78, 5) is 77.0. The van der Waals surface area contributed by atoms with Gasteiger partial charge in [0.2, 0.25) is 17.2 Å². The molecule has 0 unspecified atom stereocenters. The fourth-order valence-corrected chi connectivity index (χ4v) is 8.10. The van der Waals surface area contributed by atoms with Crippen molar-refractivity contribution in [2.24, 2.45) is 0 Å². The normalized spacial score (nSPS) is 11.2. The topological polar surface area (TPSA) is 206 Å². The van der Waals surface area contributed by atoms with Crippen LogP contribution in [0, 0.1) is 18.6 Å². The van der Waals surface area contributed by atoms with E-state index in [1.165, 1.54) is 18.2 Å². The monoisotopic (exact) mass is 934 g/mol. The number of aromatic nitrogens is 1. The maximum absolute atomic E-state index is 14.7. The highest BCUT2D eigenvalue weighted by Crippen LogP contribution is 2.43. The highest BCUT2D eigenvalue weighted by molar-refractivity contribution is 6.30. The predicted octanol–water partition coefficient (Wildman–Crippen LogP) is 8.41. The van der Waals surface area contributed by atoms with Gasteiger partial charge in [-0.05, 0) is 117 Å². The SMILES string of the molecule is COc1ccc2c(c1)c(CC(=O)NCCCCNC(=O)CCCCCNC(=O)c1ccc(C(=O)O)c(-c3c4cc(F)c(=O)cc-4oc4cc(O)c(F)cc34)c1)c(C)n2C(=O)c1ccc(Cl)cc1. The number of carbonyl (C=O) groups is 5. The zero-order valence-electron chi connectivity index (χ0n) is 36.4. The molecule has 1 aliphatic carbocycles. The maximum Gasteiger partial charge on any atom is 0.336 e. The number of rotatable bonds is 18. The first-order valence-corrected chi connectivity index (χ1v) is 21.8. The second-order valence-corrected chi connectivity index (χ2v) is 16.3. The molecule has 4 aromatic carbocycles. The lowest BCUT2D eigenvalue weighted by molar-refractivity contribution is -0.121. The van der Waals surface area contributed by atoms with E-state index in [0.717, 1.165) is 29.7 Å². The molecule has 0 fully saturated rings. The van der Waals surface area contributed by atoms with Gasteiger partial charge in [0, 0.05) is 81.9 Å². The van der Waals surface area contributed by atoms with Crippen LogP contribution in [0.5, 0.6) is 11.5 Å². The number of phenols is 1. The molecule has 3 amide bonds. The molecule has 2 heterocycles. The number of hydrogen-bond donors (Lipinski definition) is 5. The van der Waals surface area contributed by atoms with Gasteiger partial charge in [-0.15, -0.1) is 0 Å². The minimum atomic E-state index is -1.39. The van der Waals surface area contributed by atoms with E-state index >= 15 is 0 Å². The van der Waals surface area contributed by atoms with E-state index in [1.54, 1.807) is 55.0 Å². The zero-order valence-corrected chi connectivity index (χ0v) is 37.2. The van der Waals surface area contributed by atoms with Gasteiger partial charge in [-0.2, -0.15) is 0 Å². The van der Waals surface area contributed by atoms with Crippen molar-refractivity contribution in [3.05, 3.63) is 140 Å². The molecule has 0 saturated heterocycles. The van der Waals surface area contributed by atoms with Gasteiger partial charge in [-0.25, -0.2) is 13.6 Å². The number of carboxylic acid groups (broad SMARTS) is 1. The summed E-state index contributed by atoms with van der Waals surface area (Å²) in [5.74, 6) is -5.10. The van der Waals surface area contributed by atoms with Gasteiger partial charge in [0.25, 0.3) is 11.8 Å². The number of carboxylic acids is 1. The molecule has 0 bridgehead atoms. The number of aromatic hydroxyl groups is 1. The number of methoxy groups -OCH3 is 1. The van der Waals surface area contributed by atoms with Crippen LogP contribution in [0.4, 0.5) is 8.78 Å². The summed E-state index contributed by atoms with van der Waals surface area (Å²) in [5, 5.41) is 29.9. The first-order chi connectivity index (χ1) is 32.1. The van der Waals surface area contributed by atoms with E-state index in [-0.39, 0.29) is 81.7 Å². The first kappa shape index (κ1) is 47.4. The summed E-state index contributed by atoms with van der Waals surface area (Å²) in [6.07, 6.45) is 3.25. The molecular weight excluding hydrogens is 890 g/mol. The summed E-state index contributed by atoms with van der Waals surface area (Å²) >= 11 is 6.04. The molecule has 17 heteroatoms. The van der Waals surface area contributed by atoms with Crippen molar-refractivity contribution in [2.75, 3.05) is 26.7 Å². The molecule has 1 aromatic heterocycles. The Kier molecular flexibility index (Phi) is 14.6. The Morgan fingerprint density at radius 1 is 0.746 bits per heavy atom. The fourth-order valence-electron chi connectivity index (χ4n) is 7.97. The van der Waals surface area contributed by atoms with Gasteiger partial charge in [-0.3, -0.25) is 28.5 Å². The van der Waals surface area contributed by atoms with Gasteiger partial charge in [0.05, 0.1) is 24.6 Å². The summed E-state index contributed by atoms with van der Waals surface area (Å²) in [7, 11) is 1.55. The maximum atomic E-state index is 14.7. The second kappa shape index (κ2) is 20.7. The van der Waals surface area contributed by atoms with Crippen molar-refractivity contribution in [2.45, 2.75) is 51.9 Å². The van der Waals surface area contributed by atoms with Gasteiger partial charge in [0.15, 0.2) is 17.4 Å². The van der Waals surface area contributed by atoms with Gasteiger partial charge >= 0.3 is 5.97 Å². The van der Waals surface area contributed by atoms with Crippen LogP contribution >= 0.6 is 11.6 Å². The van der Waals surface area contributed by atoms with Crippen molar-refractivity contribution >= 4 is 63.1 Å². The van der Waals surface area contributed by atoms with Crippen molar-refractivity contribution in [3.63, 3.8) is 0 Å². The van der Waals surface area contributed by atoms with Crippen molar-refractivity contribution in [1.82, 2.24) is 20.5 Å². The Hall–Kier alpha value is -7.59. The summed E-state index contributed by atoms with van der Waals surface area (Å²) in [5.41, 5.74) is 0.912. The summed E-state index contributed by atoms with van der Waals surface area (Å²) in [6.45, 7) is 2.85. The standard InChI is InChI=1S/C50H45ClF2N4O10/c1-27-33(34-21-31(66-2)14-16-40(34)57(27)49(63)28-9-12-30(51)13-10-28)24-46(61)55-18-7-6-17-54-45(60)8-4-3-5-19-56-48(62)29-11-15-32(50(64)65)35(20-29)47-36-22-38(52)41(58)25-43(36)67-44-26-42(59)39(53)23-37(44)47/h9-16,20-23,25-26,58H,3-8,17-19,24H2,1-2H3,(H,54,60)(H,55,61)(H,56,62)(H,64,65). The van der Waals surface area contributed by atoms with E-state index in [4.69, 9.17) is 20.8 Å². The number of amides is 3. The van der Waals surface area contributed by atoms with Crippen LogP contribution in [-0.2, 0) is 16.0 Å². The molecule has 7 rings (SSSR count). The number of halogens is 3. The Balaban J connectivity index is 0.856. The molecule has 1 aliphatic heterocycles. The first-order valence-electron chi connectivity index (χ1n) is 21.4. The smallest absolute Gasteiger partial charge is 0.336 e. The van der Waals surface area contributed by atoms with Crippen LogP contribution in [0.25, 0.3) is 44.3 Å². The minimum Gasteiger partial charge on any atom is -0.505 e. The third-order valence-corrected chi connectivity index (χ3v) is 11.7. The number of ether oxygens (including phenoxy) is 1. The molecule has 5 aromatic rings. The lowest BCUT2D eigenvalue weighted by Crippen LogP contribution is -2.28. The van der Waals surface area contributed by atoms with Crippen LogP contribution in [0.1, 0.15) is 80.9 Å². The highest BCUT2D eigenvalue weighted by Gasteiger charge is 2.26. The van der Waals surface area contributed by atoms with Crippen molar-refractivity contribution in [1.29, 1.82) is 0 Å². The zero-order chi connectivity index (χ0) is 47.9. The van der Waals surface area contributed by atoms with E-state index in [1.807, 2.05) is 6.07 Å². The predicted molar refractivity (Wildman–Crippen MR) is 247 cm³/mol. The molecule has 346 valence electrons. The molecule has 0 spiro atoms. The number of benzene rings is 5. The molecule has 5 N–H and O–H groups in total. The molecule has 67 heavy (non-hydrogen) atoms. The largest absolute Gasteiger partial charge is 0.505 e. The Bertz CT molecular complexity index is 3090. The van der Waals surface area contributed by atoms with Crippen molar-refractivity contribution < 1.29 is 52.1 Å². The van der Waals surface area contributed by atoms with Gasteiger partial charge in [-0.1, -0.05) is 18.0 Å². The van der Waals surface area contributed by atoms with E-state index in [9.17, 15) is 47.8 Å². The number of phenolic OH excluding ortho intramolecular Hbond substituents is 1. The molecule has 0 atom stereocenters. The van der Waals surface area contributed by atoms with Crippen molar-refractivity contribution in [3.8, 4) is 33.9 Å². The number of nitrogens with zero attached hydrogens (tertiary/aromatic N) is 1. The fraction of sp³-hybridized carbons (Fsp3) is 0.240. The van der Waals surface area contributed by atoms with E-state index in [0.29, 0.717) is 78.3 Å². The quantitative estimate of drug-likeness (QED) is 0.0410. The molecule has 14 nitrogen and oxygen atoms in total. The number of unbranched alkanes of at least 4 members (excludes halogenated alkanes) is 3. The second-order valence-electron chi connectivity index (χ2n) is 15.9. The number of carbonyl (C=O) groups excluding carboxylic acids is 4. The van der Waals surface area contributed by atoms with Crippen LogP contribution in [0.15, 0.2) is 94.1 Å². The molecule has 2 aliphatic rings. The van der Waals surface area contributed by atoms with Gasteiger partial charge < -0.3 is 35.3 Å². The third kappa shape index (κ3) is 10.6. The Labute approximate surface area is 386 Å². The molecule has 0 saturated carbocycles. The van der Waals surface area contributed by atoms with E-state index in [2.05, 4.69) is 16.0 Å².